The van der Waals surface area contributed by atoms with E-state index in [-0.39, 0.29) is 0 Å². The lowest BCUT2D eigenvalue weighted by Crippen LogP contribution is -1.95. The third-order valence-electron chi connectivity index (χ3n) is 11.3. The molecule has 0 unspecified atom stereocenters. The number of para-hydroxylation sites is 1. The van der Waals surface area contributed by atoms with Gasteiger partial charge in [0.1, 0.15) is 0 Å². The average molecular weight is 691 g/mol. The highest BCUT2D eigenvalue weighted by Crippen LogP contribution is 2.43. The van der Waals surface area contributed by atoms with Crippen LogP contribution in [0.4, 0.5) is 0 Å². The zero-order valence-corrected chi connectivity index (χ0v) is 29.4. The number of thiophene rings is 1. The summed E-state index contributed by atoms with van der Waals surface area (Å²) in [5, 5.41) is 12.7. The molecule has 9 aromatic carbocycles. The Kier molecular flexibility index (Phi) is 5.96. The van der Waals surface area contributed by atoms with Gasteiger partial charge in [0.2, 0.25) is 0 Å². The minimum Gasteiger partial charge on any atom is -0.309 e. The van der Waals surface area contributed by atoms with Gasteiger partial charge in [-0.2, -0.15) is 0 Å². The number of rotatable bonds is 3. The van der Waals surface area contributed by atoms with Crippen LogP contribution in [-0.2, 0) is 0 Å². The second-order valence-electron chi connectivity index (χ2n) is 14.1. The molecule has 3 heterocycles. The molecule has 0 atom stereocenters. The van der Waals surface area contributed by atoms with Gasteiger partial charge < -0.3 is 9.13 Å². The number of hydrogen-bond acceptors (Lipinski definition) is 1. The molecule has 246 valence electrons. The molecule has 12 rings (SSSR count). The molecule has 0 fully saturated rings. The fraction of sp³-hybridized carbons (Fsp3) is 0. The lowest BCUT2D eigenvalue weighted by atomic mass is 10.00. The largest absolute Gasteiger partial charge is 0.309 e. The monoisotopic (exact) mass is 690 g/mol. The Balaban J connectivity index is 1.11. The first-order valence-corrected chi connectivity index (χ1v) is 19.0. The van der Waals surface area contributed by atoms with Crippen LogP contribution in [0.2, 0.25) is 0 Å². The minimum absolute atomic E-state index is 1.18. The quantitative estimate of drug-likeness (QED) is 0.175. The van der Waals surface area contributed by atoms with Gasteiger partial charge in [0.05, 0.1) is 27.8 Å². The average Bonchev–Trinajstić information content (AvgIpc) is 3.86. The van der Waals surface area contributed by atoms with Crippen LogP contribution in [0.25, 0.3) is 108 Å². The number of fused-ring (bicyclic) bond motifs is 11. The van der Waals surface area contributed by atoms with E-state index in [9.17, 15) is 0 Å². The highest BCUT2D eigenvalue weighted by Gasteiger charge is 2.19. The van der Waals surface area contributed by atoms with Gasteiger partial charge in [-0.15, -0.1) is 11.3 Å². The molecule has 2 nitrogen and oxygen atoms in total. The second-order valence-corrected chi connectivity index (χ2v) is 15.2. The summed E-state index contributed by atoms with van der Waals surface area (Å²) in [6.07, 6.45) is 0. The van der Waals surface area contributed by atoms with Crippen LogP contribution in [0.1, 0.15) is 0 Å². The molecule has 3 aromatic heterocycles. The van der Waals surface area contributed by atoms with Crippen molar-refractivity contribution >= 4 is 96.7 Å². The van der Waals surface area contributed by atoms with Crippen molar-refractivity contribution in [2.75, 3.05) is 0 Å². The van der Waals surface area contributed by atoms with Crippen LogP contribution >= 0.6 is 11.3 Å². The van der Waals surface area contributed by atoms with Crippen LogP contribution in [0.5, 0.6) is 0 Å². The molecule has 12 aromatic rings. The van der Waals surface area contributed by atoms with Gasteiger partial charge in [-0.3, -0.25) is 0 Å². The van der Waals surface area contributed by atoms with Crippen LogP contribution in [-0.4, -0.2) is 9.13 Å². The van der Waals surface area contributed by atoms with Crippen LogP contribution in [0.3, 0.4) is 0 Å². The topological polar surface area (TPSA) is 9.86 Å². The third kappa shape index (κ3) is 4.20. The van der Waals surface area contributed by atoms with E-state index in [1.165, 1.54) is 108 Å². The maximum absolute atomic E-state index is 2.46. The number of aromatic nitrogens is 2. The van der Waals surface area contributed by atoms with Crippen molar-refractivity contribution in [1.82, 2.24) is 9.13 Å². The fourth-order valence-corrected chi connectivity index (χ4v) is 9.95. The zero-order valence-electron chi connectivity index (χ0n) is 28.6. The Morgan fingerprint density at radius 2 is 0.925 bits per heavy atom. The van der Waals surface area contributed by atoms with Crippen LogP contribution < -0.4 is 0 Å². The molecule has 0 amide bonds. The summed E-state index contributed by atoms with van der Waals surface area (Å²) in [5.41, 5.74) is 9.71. The minimum atomic E-state index is 1.18. The first-order chi connectivity index (χ1) is 26.3. The summed E-state index contributed by atoms with van der Waals surface area (Å²) in [5.74, 6) is 0. The fourth-order valence-electron chi connectivity index (χ4n) is 8.83. The standard InChI is InChI=1S/C50H30N2S/c1-2-12-33-26-36(23-20-31(33)10-1)51-46-24-21-35(28-41(46)42-29-43-39-16-6-8-19-49(39)53-50(43)30-48(42)51)34-22-25-47-40(27-34)38-15-5-7-17-45(38)52(47)44-18-9-13-32-11-3-4-14-37(32)44/h1-30H. The van der Waals surface area contributed by atoms with Crippen LogP contribution in [0, 0.1) is 0 Å². The zero-order chi connectivity index (χ0) is 34.6. The predicted octanol–water partition coefficient (Wildman–Crippen LogP) is 14.2. The molecule has 0 aliphatic heterocycles. The van der Waals surface area contributed by atoms with Gasteiger partial charge in [-0.1, -0.05) is 115 Å². The summed E-state index contributed by atoms with van der Waals surface area (Å²) < 4.78 is 7.55. The summed E-state index contributed by atoms with van der Waals surface area (Å²) in [6.45, 7) is 0. The van der Waals surface area contributed by atoms with Crippen molar-refractivity contribution in [2.24, 2.45) is 0 Å². The molecule has 0 N–H and O–H groups in total. The summed E-state index contributed by atoms with van der Waals surface area (Å²) in [6, 6.07) is 67.3. The smallest absolute Gasteiger partial charge is 0.0555 e. The first-order valence-electron chi connectivity index (χ1n) is 18.2. The predicted molar refractivity (Wildman–Crippen MR) is 228 cm³/mol. The third-order valence-corrected chi connectivity index (χ3v) is 12.4. The van der Waals surface area contributed by atoms with Crippen molar-refractivity contribution in [3.05, 3.63) is 182 Å². The van der Waals surface area contributed by atoms with E-state index in [1.54, 1.807) is 0 Å². The van der Waals surface area contributed by atoms with E-state index < -0.39 is 0 Å². The van der Waals surface area contributed by atoms with Gasteiger partial charge in [0.15, 0.2) is 0 Å². The Hall–Kier alpha value is -6.68. The van der Waals surface area contributed by atoms with Gasteiger partial charge in [0.25, 0.3) is 0 Å². The Labute approximate surface area is 309 Å². The number of nitrogens with zero attached hydrogens (tertiary/aromatic N) is 2. The van der Waals surface area contributed by atoms with E-state index in [1.807, 2.05) is 11.3 Å². The van der Waals surface area contributed by atoms with Crippen molar-refractivity contribution in [3.8, 4) is 22.5 Å². The van der Waals surface area contributed by atoms with E-state index in [4.69, 9.17) is 0 Å². The molecule has 0 saturated heterocycles. The number of benzene rings is 9. The Morgan fingerprint density at radius 1 is 0.302 bits per heavy atom. The lowest BCUT2D eigenvalue weighted by molar-refractivity contribution is 1.19. The SMILES string of the molecule is c1ccc2cc(-n3c4ccc(-c5ccc6c(c5)c5ccccc5n6-c5cccc6ccccc56)cc4c4cc5c(cc43)sc3ccccc35)ccc2c1. The summed E-state index contributed by atoms with van der Waals surface area (Å²) in [7, 11) is 0. The van der Waals surface area contributed by atoms with Crippen LogP contribution in [0.15, 0.2) is 182 Å². The molecule has 0 aliphatic carbocycles. The Morgan fingerprint density at radius 3 is 1.77 bits per heavy atom. The normalized spacial score (nSPS) is 12.2. The Bertz CT molecular complexity index is 3460. The van der Waals surface area contributed by atoms with Gasteiger partial charge >= 0.3 is 0 Å². The highest BCUT2D eigenvalue weighted by atomic mass is 32.1. The highest BCUT2D eigenvalue weighted by molar-refractivity contribution is 7.25. The molecular formula is C50H30N2S. The van der Waals surface area contributed by atoms with Gasteiger partial charge in [-0.25, -0.2) is 0 Å². The molecular weight excluding hydrogens is 661 g/mol. The maximum atomic E-state index is 2.46. The van der Waals surface area contributed by atoms with Gasteiger partial charge in [-0.05, 0) is 94.0 Å². The maximum Gasteiger partial charge on any atom is 0.0555 e. The molecule has 0 aliphatic rings. The van der Waals surface area contributed by atoms with Gasteiger partial charge in [0, 0.05) is 52.8 Å². The summed E-state index contributed by atoms with van der Waals surface area (Å²) >= 11 is 1.88. The molecule has 0 radical (unpaired) electrons. The van der Waals surface area contributed by atoms with E-state index in [2.05, 4.69) is 191 Å². The van der Waals surface area contributed by atoms with E-state index in [0.717, 1.165) is 0 Å². The molecule has 53 heavy (non-hydrogen) atoms. The van der Waals surface area contributed by atoms with E-state index >= 15 is 0 Å². The van der Waals surface area contributed by atoms with Crippen molar-refractivity contribution in [2.45, 2.75) is 0 Å². The molecule has 0 spiro atoms. The molecule has 3 heteroatoms. The van der Waals surface area contributed by atoms with Crippen molar-refractivity contribution in [1.29, 1.82) is 0 Å². The first kappa shape index (κ1) is 29.0. The summed E-state index contributed by atoms with van der Waals surface area (Å²) in [4.78, 5) is 0. The number of hydrogen-bond donors (Lipinski definition) is 0. The lowest BCUT2D eigenvalue weighted by Gasteiger charge is -2.12. The molecule has 0 saturated carbocycles. The van der Waals surface area contributed by atoms with E-state index in [0.29, 0.717) is 0 Å². The van der Waals surface area contributed by atoms with Crippen molar-refractivity contribution < 1.29 is 0 Å². The second kappa shape index (κ2) is 10.9. The van der Waals surface area contributed by atoms with Crippen molar-refractivity contribution in [3.63, 3.8) is 0 Å². The molecule has 0 bridgehead atoms.